The number of pyridine rings is 3. The Balaban J connectivity index is 1.42. The summed E-state index contributed by atoms with van der Waals surface area (Å²) < 4.78 is 12.8. The summed E-state index contributed by atoms with van der Waals surface area (Å²) in [7, 11) is 1.54. The number of nitrogen functional groups attached to an aromatic ring is 1. The Morgan fingerprint density at radius 2 is 2.00 bits per heavy atom. The molecule has 3 aromatic heterocycles. The van der Waals surface area contributed by atoms with E-state index in [1.54, 1.807) is 29.0 Å². The van der Waals surface area contributed by atoms with Crippen LogP contribution in [0.2, 0.25) is 10.0 Å². The number of carbonyl (C=O) groups is 1. The van der Waals surface area contributed by atoms with Gasteiger partial charge < -0.3 is 29.8 Å². The largest absolute Gasteiger partial charge is 0.495 e. The second-order valence-corrected chi connectivity index (χ2v) is 10.5. The van der Waals surface area contributed by atoms with E-state index in [4.69, 9.17) is 38.4 Å². The molecule has 0 bridgehead atoms. The lowest BCUT2D eigenvalue weighted by Crippen LogP contribution is -2.37. The standard InChI is InChI=1S/C27H23Cl2N5O5/c1-38-16-7-20(29)26(32-10-16)39-12-15-4-13-5-21(13)34(15)23-9-22-17(8-19(23)28)25(35)18(27(36)37)11-33(22)14-2-3-31-24(30)6-14/h2-3,6-11,13,15,21H,4-5,12H2,1H3,(H2,30,31)(H,36,37)/t13?,15-,21?/m1/s1. The Bertz CT molecular complexity index is 1690. The Kier molecular flexibility index (Phi) is 6.23. The van der Waals surface area contributed by atoms with Crippen molar-refractivity contribution in [1.82, 2.24) is 14.5 Å². The Morgan fingerprint density at radius 3 is 2.72 bits per heavy atom. The van der Waals surface area contributed by atoms with Crippen LogP contribution in [-0.4, -0.2) is 51.4 Å². The third-order valence-corrected chi connectivity index (χ3v) is 7.84. The van der Waals surface area contributed by atoms with Crippen molar-refractivity contribution in [1.29, 1.82) is 0 Å². The van der Waals surface area contributed by atoms with E-state index in [0.717, 1.165) is 18.5 Å². The minimum atomic E-state index is -1.33. The van der Waals surface area contributed by atoms with E-state index in [-0.39, 0.29) is 28.9 Å². The predicted octanol–water partition coefficient (Wildman–Crippen LogP) is 4.42. The van der Waals surface area contributed by atoms with Crippen LogP contribution in [0.1, 0.15) is 23.2 Å². The number of benzene rings is 1. The van der Waals surface area contributed by atoms with Crippen LogP contribution in [0.25, 0.3) is 16.6 Å². The summed E-state index contributed by atoms with van der Waals surface area (Å²) in [5, 5.41) is 10.6. The number of hydrogen-bond donors (Lipinski definition) is 2. The van der Waals surface area contributed by atoms with Crippen molar-refractivity contribution < 1.29 is 19.4 Å². The molecule has 39 heavy (non-hydrogen) atoms. The average Bonchev–Trinajstić information content (AvgIpc) is 3.58. The maximum atomic E-state index is 13.1. The summed E-state index contributed by atoms with van der Waals surface area (Å²) in [4.78, 5) is 35.5. The van der Waals surface area contributed by atoms with Crippen LogP contribution < -0.4 is 25.5 Å². The number of methoxy groups -OCH3 is 1. The lowest BCUT2D eigenvalue weighted by Gasteiger charge is -2.31. The molecule has 1 aliphatic carbocycles. The first kappa shape index (κ1) is 25.3. The fourth-order valence-corrected chi connectivity index (χ4v) is 5.84. The fourth-order valence-electron chi connectivity index (χ4n) is 5.37. The van der Waals surface area contributed by atoms with Gasteiger partial charge in [0, 0.05) is 36.0 Å². The van der Waals surface area contributed by atoms with E-state index >= 15 is 0 Å². The second kappa shape index (κ2) is 9.62. The van der Waals surface area contributed by atoms with Gasteiger partial charge in [0.2, 0.25) is 11.3 Å². The molecule has 2 unspecified atom stereocenters. The molecule has 3 atom stereocenters. The Morgan fingerprint density at radius 1 is 1.18 bits per heavy atom. The van der Waals surface area contributed by atoms with Crippen molar-refractivity contribution >= 4 is 51.6 Å². The van der Waals surface area contributed by atoms with Gasteiger partial charge in [-0.1, -0.05) is 23.2 Å². The minimum Gasteiger partial charge on any atom is -0.495 e. The molecule has 1 aliphatic heterocycles. The van der Waals surface area contributed by atoms with Gasteiger partial charge in [-0.05, 0) is 37.0 Å². The molecule has 1 saturated heterocycles. The molecule has 1 saturated carbocycles. The third kappa shape index (κ3) is 4.49. The quantitative estimate of drug-likeness (QED) is 0.332. The van der Waals surface area contributed by atoms with Gasteiger partial charge in [-0.3, -0.25) is 4.79 Å². The zero-order valence-corrected chi connectivity index (χ0v) is 22.2. The molecular formula is C27H23Cl2N5O5. The number of hydrogen-bond acceptors (Lipinski definition) is 8. The molecule has 200 valence electrons. The molecule has 4 aromatic rings. The number of carboxylic acids is 1. The summed E-state index contributed by atoms with van der Waals surface area (Å²) in [6.45, 7) is 0.325. The number of ether oxygens (including phenoxy) is 2. The average molecular weight is 568 g/mol. The molecule has 0 amide bonds. The van der Waals surface area contributed by atoms with E-state index in [2.05, 4.69) is 14.9 Å². The van der Waals surface area contributed by atoms with Crippen LogP contribution in [0.5, 0.6) is 11.6 Å². The summed E-state index contributed by atoms with van der Waals surface area (Å²) in [6, 6.07) is 8.57. The molecule has 6 rings (SSSR count). The van der Waals surface area contributed by atoms with Crippen LogP contribution >= 0.6 is 23.2 Å². The van der Waals surface area contributed by atoms with Crippen LogP contribution in [0.4, 0.5) is 11.5 Å². The summed E-state index contributed by atoms with van der Waals surface area (Å²) in [5.74, 6) is 0.274. The van der Waals surface area contributed by atoms with Crippen molar-refractivity contribution in [3.63, 3.8) is 0 Å². The van der Waals surface area contributed by atoms with Crippen molar-refractivity contribution in [3.05, 3.63) is 74.8 Å². The molecule has 12 heteroatoms. The van der Waals surface area contributed by atoms with Crippen LogP contribution in [0.15, 0.2) is 53.7 Å². The van der Waals surface area contributed by atoms with E-state index in [0.29, 0.717) is 45.4 Å². The third-order valence-electron chi connectivity index (χ3n) is 7.26. The maximum Gasteiger partial charge on any atom is 0.341 e. The van der Waals surface area contributed by atoms with Gasteiger partial charge >= 0.3 is 5.97 Å². The van der Waals surface area contributed by atoms with E-state index in [9.17, 15) is 14.7 Å². The van der Waals surface area contributed by atoms with E-state index < -0.39 is 11.4 Å². The number of aromatic nitrogens is 3. The molecular weight excluding hydrogens is 545 g/mol. The van der Waals surface area contributed by atoms with E-state index in [1.807, 2.05) is 6.07 Å². The number of fused-ring (bicyclic) bond motifs is 2. The van der Waals surface area contributed by atoms with Gasteiger partial charge in [0.05, 0.1) is 41.3 Å². The van der Waals surface area contributed by atoms with Gasteiger partial charge in [0.15, 0.2) is 0 Å². The zero-order valence-electron chi connectivity index (χ0n) is 20.7. The smallest absolute Gasteiger partial charge is 0.341 e. The lowest BCUT2D eigenvalue weighted by molar-refractivity contribution is 0.0695. The molecule has 2 fully saturated rings. The Labute approximate surface area is 232 Å². The molecule has 2 aliphatic rings. The molecule has 3 N–H and O–H groups in total. The van der Waals surface area contributed by atoms with Crippen molar-refractivity contribution in [2.75, 3.05) is 24.4 Å². The number of aromatic carboxylic acids is 1. The summed E-state index contributed by atoms with van der Waals surface area (Å²) in [5.41, 5.74) is 6.71. The fraction of sp³-hybridized carbons (Fsp3) is 0.259. The first-order valence-electron chi connectivity index (χ1n) is 12.2. The highest BCUT2D eigenvalue weighted by Crippen LogP contribution is 2.51. The van der Waals surface area contributed by atoms with Gasteiger partial charge in [0.1, 0.15) is 28.8 Å². The minimum absolute atomic E-state index is 0.0151. The second-order valence-electron chi connectivity index (χ2n) is 9.64. The predicted molar refractivity (Wildman–Crippen MR) is 148 cm³/mol. The Hall–Kier alpha value is -4.02. The number of anilines is 2. The first-order chi connectivity index (χ1) is 18.7. The first-order valence-corrected chi connectivity index (χ1v) is 13.0. The molecule has 0 spiro atoms. The molecule has 4 heterocycles. The molecule has 0 radical (unpaired) electrons. The highest BCUT2D eigenvalue weighted by atomic mass is 35.5. The highest BCUT2D eigenvalue weighted by molar-refractivity contribution is 6.34. The van der Waals surface area contributed by atoms with Crippen LogP contribution in [-0.2, 0) is 0 Å². The van der Waals surface area contributed by atoms with Crippen molar-refractivity contribution in [2.45, 2.75) is 24.9 Å². The van der Waals surface area contributed by atoms with Crippen molar-refractivity contribution in [2.24, 2.45) is 5.92 Å². The van der Waals surface area contributed by atoms with Crippen LogP contribution in [0, 0.1) is 5.92 Å². The maximum absolute atomic E-state index is 13.1. The summed E-state index contributed by atoms with van der Waals surface area (Å²) >= 11 is 13.1. The number of carboxylic acid groups (broad SMARTS) is 1. The van der Waals surface area contributed by atoms with Crippen molar-refractivity contribution in [3.8, 4) is 17.3 Å². The molecule has 1 aromatic carbocycles. The monoisotopic (exact) mass is 567 g/mol. The number of halogens is 2. The van der Waals surface area contributed by atoms with E-state index in [1.165, 1.54) is 25.6 Å². The highest BCUT2D eigenvalue weighted by Gasteiger charge is 2.52. The number of piperidine rings is 1. The number of rotatable bonds is 7. The lowest BCUT2D eigenvalue weighted by atomic mass is 10.1. The number of nitrogens with zero attached hydrogens (tertiary/aromatic N) is 4. The summed E-state index contributed by atoms with van der Waals surface area (Å²) in [6.07, 6.45) is 6.30. The normalized spacial score (nSPS) is 19.7. The van der Waals surface area contributed by atoms with Gasteiger partial charge in [-0.15, -0.1) is 0 Å². The van der Waals surface area contributed by atoms with Gasteiger partial charge in [-0.25, -0.2) is 14.8 Å². The van der Waals surface area contributed by atoms with Gasteiger partial charge in [-0.2, -0.15) is 0 Å². The van der Waals surface area contributed by atoms with Crippen LogP contribution in [0.3, 0.4) is 0 Å². The number of nitrogens with two attached hydrogens (primary N) is 1. The molecule has 10 nitrogen and oxygen atoms in total. The SMILES string of the molecule is COc1cnc(OC[C@H]2CC3CC3N2c2cc3c(cc2Cl)c(=O)c(C(=O)O)cn3-c2ccnc(N)c2)c(Cl)c1. The zero-order chi connectivity index (χ0) is 27.4. The topological polar surface area (TPSA) is 133 Å². The van der Waals surface area contributed by atoms with Gasteiger partial charge in [0.25, 0.3) is 0 Å².